The van der Waals surface area contributed by atoms with Crippen LogP contribution in [0.15, 0.2) is 225 Å². The van der Waals surface area contributed by atoms with Gasteiger partial charge in [-0.3, -0.25) is 4.57 Å². The van der Waals surface area contributed by atoms with Crippen LogP contribution >= 0.6 is 0 Å². The maximum Gasteiger partial charge on any atom is 0.416 e. The number of benzene rings is 9. The Morgan fingerprint density at radius 1 is 0.300 bits per heavy atom. The van der Waals surface area contributed by atoms with Gasteiger partial charge in [-0.2, -0.15) is 26.3 Å². The topological polar surface area (TPSA) is 22.8 Å². The molecule has 0 fully saturated rings. The molecule has 3 nitrogen and oxygen atoms in total. The van der Waals surface area contributed by atoms with Crippen molar-refractivity contribution >= 4 is 43.6 Å². The molecular formula is C61H37F6N3. The molecular weight excluding hydrogens is 889 g/mol. The second kappa shape index (κ2) is 16.5. The van der Waals surface area contributed by atoms with E-state index in [0.717, 1.165) is 89.2 Å². The van der Waals surface area contributed by atoms with E-state index in [9.17, 15) is 26.3 Å². The van der Waals surface area contributed by atoms with Crippen LogP contribution in [0.3, 0.4) is 0 Å². The van der Waals surface area contributed by atoms with Gasteiger partial charge in [-0.05, 0) is 123 Å². The molecule has 3 heterocycles. The quantitative estimate of drug-likeness (QED) is 0.146. The summed E-state index contributed by atoms with van der Waals surface area (Å²) < 4.78 is 92.5. The van der Waals surface area contributed by atoms with Crippen molar-refractivity contribution < 1.29 is 26.3 Å². The van der Waals surface area contributed by atoms with E-state index in [4.69, 9.17) is 4.98 Å². The summed E-state index contributed by atoms with van der Waals surface area (Å²) in [6, 6.07) is 67.4. The molecule has 0 aliphatic heterocycles. The zero-order chi connectivity index (χ0) is 47.7. The average Bonchev–Trinajstić information content (AvgIpc) is 3.90. The monoisotopic (exact) mass is 925 g/mol. The fourth-order valence-electron chi connectivity index (χ4n) is 9.87. The number of nitrogens with zero attached hydrogens (tertiary/aromatic N) is 3. The number of fused-ring (bicyclic) bond motifs is 6. The van der Waals surface area contributed by atoms with E-state index in [0.29, 0.717) is 22.5 Å². The summed E-state index contributed by atoms with van der Waals surface area (Å²) in [6.07, 6.45) is -8.59. The summed E-state index contributed by atoms with van der Waals surface area (Å²) in [5, 5.41) is 3.47. The first-order chi connectivity index (χ1) is 34.0. The molecule has 70 heavy (non-hydrogen) atoms. The molecule has 0 unspecified atom stereocenters. The number of alkyl halides is 6. The van der Waals surface area contributed by atoms with Crippen LogP contribution in [0.25, 0.3) is 111 Å². The molecule has 9 aromatic carbocycles. The van der Waals surface area contributed by atoms with Crippen molar-refractivity contribution in [1.82, 2.24) is 14.1 Å². The number of rotatable bonds is 7. The van der Waals surface area contributed by atoms with Crippen LogP contribution < -0.4 is 0 Å². The average molecular weight is 926 g/mol. The van der Waals surface area contributed by atoms with E-state index in [2.05, 4.69) is 24.3 Å². The second-order valence-electron chi connectivity index (χ2n) is 17.4. The normalized spacial score (nSPS) is 12.1. The molecule has 0 aliphatic carbocycles. The van der Waals surface area contributed by atoms with Crippen LogP contribution in [0.4, 0.5) is 26.3 Å². The van der Waals surface area contributed by atoms with Crippen LogP contribution in [-0.4, -0.2) is 14.1 Å². The van der Waals surface area contributed by atoms with Gasteiger partial charge in [0.05, 0.1) is 45.1 Å². The minimum Gasteiger partial charge on any atom is -0.307 e. The van der Waals surface area contributed by atoms with E-state index in [1.807, 2.05) is 179 Å². The zero-order valence-electron chi connectivity index (χ0n) is 37.0. The Hall–Kier alpha value is -8.69. The first-order valence-electron chi connectivity index (χ1n) is 22.7. The first kappa shape index (κ1) is 42.6. The second-order valence-corrected chi connectivity index (χ2v) is 17.4. The van der Waals surface area contributed by atoms with Crippen molar-refractivity contribution in [2.24, 2.45) is 0 Å². The third-order valence-electron chi connectivity index (χ3n) is 13.2. The fourth-order valence-corrected chi connectivity index (χ4v) is 9.87. The van der Waals surface area contributed by atoms with Crippen LogP contribution in [0.1, 0.15) is 11.1 Å². The van der Waals surface area contributed by atoms with Gasteiger partial charge >= 0.3 is 12.4 Å². The minimum absolute atomic E-state index is 0.122. The van der Waals surface area contributed by atoms with Gasteiger partial charge in [-0.25, -0.2) is 4.98 Å². The molecule has 0 aliphatic rings. The molecule has 0 radical (unpaired) electrons. The molecule has 0 N–H and O–H groups in total. The Morgan fingerprint density at radius 2 is 0.629 bits per heavy atom. The summed E-state index contributed by atoms with van der Waals surface area (Å²) in [5.41, 5.74) is 8.04. The summed E-state index contributed by atoms with van der Waals surface area (Å²) in [4.78, 5) is 5.11. The Labute approximate surface area is 397 Å². The highest BCUT2D eigenvalue weighted by atomic mass is 19.4. The van der Waals surface area contributed by atoms with E-state index in [1.54, 1.807) is 12.3 Å². The van der Waals surface area contributed by atoms with Gasteiger partial charge in [-0.1, -0.05) is 146 Å². The largest absolute Gasteiger partial charge is 0.416 e. The molecule has 12 rings (SSSR count). The van der Waals surface area contributed by atoms with E-state index in [-0.39, 0.29) is 17.2 Å². The highest BCUT2D eigenvalue weighted by molar-refractivity contribution is 6.13. The number of hydrogen-bond acceptors (Lipinski definition) is 1. The molecule has 0 saturated heterocycles. The maximum atomic E-state index is 14.8. The smallest absolute Gasteiger partial charge is 0.307 e. The van der Waals surface area contributed by atoms with Gasteiger partial charge in [-0.15, -0.1) is 0 Å². The van der Waals surface area contributed by atoms with Crippen LogP contribution in [0.2, 0.25) is 0 Å². The van der Waals surface area contributed by atoms with Gasteiger partial charge < -0.3 is 4.57 Å². The minimum atomic E-state index is -5.08. The van der Waals surface area contributed by atoms with Crippen molar-refractivity contribution in [2.45, 2.75) is 12.4 Å². The summed E-state index contributed by atoms with van der Waals surface area (Å²) in [7, 11) is 0. The summed E-state index contributed by atoms with van der Waals surface area (Å²) >= 11 is 0. The molecule has 3 aromatic heterocycles. The molecule has 0 spiro atoms. The van der Waals surface area contributed by atoms with E-state index in [1.165, 1.54) is 0 Å². The van der Waals surface area contributed by atoms with Crippen LogP contribution in [0, 0.1) is 0 Å². The lowest BCUT2D eigenvalue weighted by atomic mass is 9.98. The number of halogens is 6. The Morgan fingerprint density at radius 3 is 0.957 bits per heavy atom. The Kier molecular flexibility index (Phi) is 10.1. The molecule has 0 bridgehead atoms. The van der Waals surface area contributed by atoms with E-state index >= 15 is 0 Å². The lowest BCUT2D eigenvalue weighted by Gasteiger charge is -2.19. The molecule has 338 valence electrons. The molecule has 0 saturated carbocycles. The number of aromatic nitrogens is 3. The van der Waals surface area contributed by atoms with Crippen molar-refractivity contribution in [2.75, 3.05) is 0 Å². The predicted octanol–water partition coefficient (Wildman–Crippen LogP) is 17.6. The van der Waals surface area contributed by atoms with Crippen molar-refractivity contribution in [3.8, 4) is 67.1 Å². The lowest BCUT2D eigenvalue weighted by molar-refractivity contribution is -0.143. The van der Waals surface area contributed by atoms with Gasteiger partial charge in [0.15, 0.2) is 0 Å². The third kappa shape index (κ3) is 7.47. The van der Waals surface area contributed by atoms with Crippen molar-refractivity contribution in [1.29, 1.82) is 0 Å². The van der Waals surface area contributed by atoms with Gasteiger partial charge in [0, 0.05) is 27.1 Å². The standard InChI is InChI=1S/C61H37F6N3/c62-60(63,64)47-29-46(30-48(35-47)61(65,66)67)49-36-59(70-56-27-23-44(40-17-9-3-10-18-40)33-52(56)53-34-45(24-28-57(53)70)41-19-11-4-12-20-41)68-37-58(49)69-54-25-21-42(38-13-5-1-6-14-38)31-50(54)51-32-43(22-26-55(51)69)39-15-7-2-8-16-39/h1-37H. The van der Waals surface area contributed by atoms with E-state index < -0.39 is 23.5 Å². The Bertz CT molecular complexity index is 3720. The third-order valence-corrected chi connectivity index (χ3v) is 13.2. The SMILES string of the molecule is FC(F)(F)c1cc(-c2cc(-n3c4ccc(-c5ccccc5)cc4c4cc(-c5ccccc5)ccc43)ncc2-n2c3ccc(-c4ccccc4)cc3c3cc(-c4ccccc4)ccc32)cc(C(F)(F)F)c1. The first-order valence-corrected chi connectivity index (χ1v) is 22.7. The molecule has 9 heteroatoms. The van der Waals surface area contributed by atoms with Gasteiger partial charge in [0.1, 0.15) is 5.82 Å². The van der Waals surface area contributed by atoms with Crippen molar-refractivity contribution in [3.05, 3.63) is 236 Å². The molecule has 0 amide bonds. The number of hydrogen-bond donors (Lipinski definition) is 0. The lowest BCUT2D eigenvalue weighted by Crippen LogP contribution is -2.11. The molecule has 12 aromatic rings. The van der Waals surface area contributed by atoms with Gasteiger partial charge in [0.2, 0.25) is 0 Å². The fraction of sp³-hybridized carbons (Fsp3) is 0.0328. The molecule has 0 atom stereocenters. The maximum absolute atomic E-state index is 14.8. The van der Waals surface area contributed by atoms with Gasteiger partial charge in [0.25, 0.3) is 0 Å². The van der Waals surface area contributed by atoms with Crippen LogP contribution in [-0.2, 0) is 12.4 Å². The number of pyridine rings is 1. The van der Waals surface area contributed by atoms with Crippen LogP contribution in [0.5, 0.6) is 0 Å². The zero-order valence-corrected chi connectivity index (χ0v) is 37.0. The highest BCUT2D eigenvalue weighted by Crippen LogP contribution is 2.45. The Balaban J connectivity index is 1.16. The highest BCUT2D eigenvalue weighted by Gasteiger charge is 2.37. The summed E-state index contributed by atoms with van der Waals surface area (Å²) in [6.45, 7) is 0. The predicted molar refractivity (Wildman–Crippen MR) is 270 cm³/mol. The summed E-state index contributed by atoms with van der Waals surface area (Å²) in [5.74, 6) is 0.308. The van der Waals surface area contributed by atoms with Crippen molar-refractivity contribution in [3.63, 3.8) is 0 Å².